The molecule has 0 bridgehead atoms. The number of ketones is 1. The molecule has 0 aliphatic heterocycles. The van der Waals surface area contributed by atoms with Crippen LogP contribution in [0.4, 0.5) is 0 Å². The van der Waals surface area contributed by atoms with E-state index in [2.05, 4.69) is 5.10 Å². The summed E-state index contributed by atoms with van der Waals surface area (Å²) >= 11 is 12.0. The molecule has 0 aliphatic rings. The van der Waals surface area contributed by atoms with Crippen LogP contribution in [0.1, 0.15) is 27.6 Å². The first-order chi connectivity index (χ1) is 12.5. The Morgan fingerprint density at radius 2 is 2.12 bits per heavy atom. The van der Waals surface area contributed by atoms with Gasteiger partial charge in [-0.1, -0.05) is 29.3 Å². The summed E-state index contributed by atoms with van der Waals surface area (Å²) in [5.74, 6) is 1.51. The molecule has 5 nitrogen and oxygen atoms in total. The Hall–Kier alpha value is -2.50. The highest BCUT2D eigenvalue weighted by molar-refractivity contribution is 6.42. The van der Waals surface area contributed by atoms with Gasteiger partial charge in [0.15, 0.2) is 5.78 Å². The lowest BCUT2D eigenvalue weighted by Crippen LogP contribution is -1.98. The van der Waals surface area contributed by atoms with E-state index in [1.54, 1.807) is 54.3 Å². The molecule has 7 heteroatoms. The van der Waals surface area contributed by atoms with Crippen LogP contribution in [-0.2, 0) is 13.7 Å². The van der Waals surface area contributed by atoms with Crippen LogP contribution in [0.3, 0.4) is 0 Å². The van der Waals surface area contributed by atoms with Crippen LogP contribution in [0.25, 0.3) is 6.08 Å². The topological polar surface area (TPSA) is 57.3 Å². The highest BCUT2D eigenvalue weighted by Crippen LogP contribution is 2.32. The molecule has 0 aliphatic carbocycles. The Balaban J connectivity index is 1.63. The summed E-state index contributed by atoms with van der Waals surface area (Å²) in [5, 5.41) is 4.85. The summed E-state index contributed by atoms with van der Waals surface area (Å²) in [5.41, 5.74) is 1.38. The molecule has 0 fully saturated rings. The van der Waals surface area contributed by atoms with Crippen molar-refractivity contribution >= 4 is 35.1 Å². The van der Waals surface area contributed by atoms with Crippen molar-refractivity contribution in [3.05, 3.63) is 75.4 Å². The fourth-order valence-electron chi connectivity index (χ4n) is 2.29. The normalized spacial score (nSPS) is 11.2. The molecule has 0 unspecified atom stereocenters. The van der Waals surface area contributed by atoms with Gasteiger partial charge in [-0.3, -0.25) is 9.48 Å². The Kier molecular flexibility index (Phi) is 5.49. The lowest BCUT2D eigenvalue weighted by Gasteiger charge is -2.06. The van der Waals surface area contributed by atoms with Crippen molar-refractivity contribution in [3.63, 3.8) is 0 Å². The summed E-state index contributed by atoms with van der Waals surface area (Å²) in [6.07, 6.45) is 4.63. The zero-order valence-electron chi connectivity index (χ0n) is 14.2. The predicted octanol–water partition coefficient (Wildman–Crippen LogP) is 5.10. The van der Waals surface area contributed by atoms with Crippen LogP contribution in [0.15, 0.2) is 47.0 Å². The Bertz CT molecular complexity index is 973. The number of allylic oxidation sites excluding steroid dienone is 1. The number of carbonyl (C=O) groups excluding carboxylic acids is 1. The van der Waals surface area contributed by atoms with Crippen molar-refractivity contribution in [3.8, 4) is 5.75 Å². The first kappa shape index (κ1) is 18.3. The smallest absolute Gasteiger partial charge is 0.189 e. The number of hydrogen-bond acceptors (Lipinski definition) is 4. The summed E-state index contributed by atoms with van der Waals surface area (Å²) in [6, 6.07) is 8.71. The third-order valence-corrected chi connectivity index (χ3v) is 4.67. The van der Waals surface area contributed by atoms with Crippen LogP contribution in [0, 0.1) is 6.92 Å². The summed E-state index contributed by atoms with van der Waals surface area (Å²) in [4.78, 5) is 12.2. The van der Waals surface area contributed by atoms with Gasteiger partial charge in [0.2, 0.25) is 0 Å². The average Bonchev–Trinajstić information content (AvgIpc) is 3.21. The summed E-state index contributed by atoms with van der Waals surface area (Å²) in [7, 11) is 1.79. The SMILES string of the molecule is Cc1c(C(=O)/C=C\c2ccc(COc3cccc(Cl)c3Cl)o2)cnn1C. The molecule has 0 saturated heterocycles. The van der Waals surface area contributed by atoms with Crippen molar-refractivity contribution in [2.75, 3.05) is 0 Å². The van der Waals surface area contributed by atoms with Gasteiger partial charge in [-0.05, 0) is 43.3 Å². The van der Waals surface area contributed by atoms with E-state index in [1.807, 2.05) is 6.92 Å². The number of nitrogens with zero attached hydrogens (tertiary/aromatic N) is 2. The number of carbonyl (C=O) groups is 1. The molecule has 0 amide bonds. The van der Waals surface area contributed by atoms with Gasteiger partial charge in [0.05, 0.1) is 16.8 Å². The molecular weight excluding hydrogens is 375 g/mol. The number of hydrogen-bond donors (Lipinski definition) is 0. The van der Waals surface area contributed by atoms with Crippen molar-refractivity contribution in [1.82, 2.24) is 9.78 Å². The maximum Gasteiger partial charge on any atom is 0.189 e. The van der Waals surface area contributed by atoms with E-state index in [4.69, 9.17) is 32.4 Å². The second-order valence-electron chi connectivity index (χ2n) is 5.61. The van der Waals surface area contributed by atoms with E-state index in [1.165, 1.54) is 6.08 Å². The molecule has 0 N–H and O–H groups in total. The number of ether oxygens (including phenoxy) is 1. The standard InChI is InChI=1S/C19H16Cl2N2O3/c1-12-15(10-22-23(12)2)17(24)9-8-13-6-7-14(26-13)11-25-18-5-3-4-16(20)19(18)21/h3-10H,11H2,1-2H3/b9-8-. The number of aromatic nitrogens is 2. The molecule has 26 heavy (non-hydrogen) atoms. The number of rotatable bonds is 6. The molecule has 3 aromatic rings. The number of aryl methyl sites for hydroxylation is 1. The van der Waals surface area contributed by atoms with E-state index in [-0.39, 0.29) is 12.4 Å². The lowest BCUT2D eigenvalue weighted by atomic mass is 10.1. The van der Waals surface area contributed by atoms with Gasteiger partial charge < -0.3 is 9.15 Å². The monoisotopic (exact) mass is 390 g/mol. The van der Waals surface area contributed by atoms with Crippen molar-refractivity contribution in [2.45, 2.75) is 13.5 Å². The molecule has 2 aromatic heterocycles. The number of furan rings is 1. The quantitative estimate of drug-likeness (QED) is 0.433. The zero-order chi connectivity index (χ0) is 18.7. The lowest BCUT2D eigenvalue weighted by molar-refractivity contribution is 0.104. The first-order valence-electron chi connectivity index (χ1n) is 7.82. The molecular formula is C19H16Cl2N2O3. The molecule has 3 rings (SSSR count). The third kappa shape index (κ3) is 4.00. The van der Waals surface area contributed by atoms with Gasteiger partial charge in [-0.15, -0.1) is 0 Å². The first-order valence-corrected chi connectivity index (χ1v) is 8.58. The predicted molar refractivity (Wildman–Crippen MR) is 101 cm³/mol. The molecule has 0 atom stereocenters. The van der Waals surface area contributed by atoms with Gasteiger partial charge in [-0.2, -0.15) is 5.10 Å². The Morgan fingerprint density at radius 3 is 2.85 bits per heavy atom. The van der Waals surface area contributed by atoms with Gasteiger partial charge >= 0.3 is 0 Å². The highest BCUT2D eigenvalue weighted by atomic mass is 35.5. The largest absolute Gasteiger partial charge is 0.484 e. The van der Waals surface area contributed by atoms with Crippen LogP contribution in [0.2, 0.25) is 10.0 Å². The van der Waals surface area contributed by atoms with E-state index in [0.29, 0.717) is 32.9 Å². The minimum atomic E-state index is -0.129. The van der Waals surface area contributed by atoms with E-state index in [0.717, 1.165) is 5.69 Å². The van der Waals surface area contributed by atoms with E-state index in [9.17, 15) is 4.79 Å². The second kappa shape index (κ2) is 7.81. The van der Waals surface area contributed by atoms with Crippen molar-refractivity contribution < 1.29 is 13.9 Å². The van der Waals surface area contributed by atoms with E-state index < -0.39 is 0 Å². The maximum absolute atomic E-state index is 12.2. The minimum absolute atomic E-state index is 0.129. The molecule has 1 aromatic carbocycles. The molecule has 2 heterocycles. The summed E-state index contributed by atoms with van der Waals surface area (Å²) < 4.78 is 12.9. The Morgan fingerprint density at radius 1 is 1.31 bits per heavy atom. The van der Waals surface area contributed by atoms with Gasteiger partial charge in [0.25, 0.3) is 0 Å². The fourth-order valence-corrected chi connectivity index (χ4v) is 2.64. The van der Waals surface area contributed by atoms with Gasteiger partial charge in [0, 0.05) is 12.7 Å². The zero-order valence-corrected chi connectivity index (χ0v) is 15.7. The minimum Gasteiger partial charge on any atom is -0.484 e. The van der Waals surface area contributed by atoms with Crippen molar-refractivity contribution in [1.29, 1.82) is 0 Å². The van der Waals surface area contributed by atoms with Gasteiger partial charge in [-0.25, -0.2) is 0 Å². The van der Waals surface area contributed by atoms with Crippen LogP contribution in [-0.4, -0.2) is 15.6 Å². The maximum atomic E-state index is 12.2. The van der Waals surface area contributed by atoms with Crippen LogP contribution < -0.4 is 4.74 Å². The molecule has 0 saturated carbocycles. The second-order valence-corrected chi connectivity index (χ2v) is 6.39. The highest BCUT2D eigenvalue weighted by Gasteiger charge is 2.10. The molecule has 134 valence electrons. The third-order valence-electron chi connectivity index (χ3n) is 3.87. The van der Waals surface area contributed by atoms with Gasteiger partial charge in [0.1, 0.15) is 28.9 Å². The average molecular weight is 391 g/mol. The Labute approximate surface area is 160 Å². The number of halogens is 2. The van der Waals surface area contributed by atoms with E-state index >= 15 is 0 Å². The fraction of sp³-hybridized carbons (Fsp3) is 0.158. The molecule has 0 radical (unpaired) electrons. The van der Waals surface area contributed by atoms with Crippen molar-refractivity contribution in [2.24, 2.45) is 7.05 Å². The summed E-state index contributed by atoms with van der Waals surface area (Å²) in [6.45, 7) is 2.04. The van der Waals surface area contributed by atoms with Crippen LogP contribution >= 0.6 is 23.2 Å². The molecule has 0 spiro atoms. The van der Waals surface area contributed by atoms with Crippen LogP contribution in [0.5, 0.6) is 5.75 Å². The number of benzene rings is 1.